The van der Waals surface area contributed by atoms with Gasteiger partial charge in [-0.2, -0.15) is 0 Å². The van der Waals surface area contributed by atoms with Crippen molar-refractivity contribution in [1.29, 1.82) is 0 Å². The van der Waals surface area contributed by atoms with Gasteiger partial charge in [-0.25, -0.2) is 19.0 Å². The number of carbonyl (C=O) groups excluding carboxylic acids is 1. The highest BCUT2D eigenvalue weighted by atomic mass is 32.1. The number of esters is 1. The molecule has 0 aliphatic carbocycles. The lowest BCUT2D eigenvalue weighted by Crippen LogP contribution is -2.52. The Morgan fingerprint density at radius 3 is 2.16 bits per heavy atom. The third kappa shape index (κ3) is 6.07. The number of benzene rings is 1. The molecule has 0 aliphatic heterocycles. The van der Waals surface area contributed by atoms with Gasteiger partial charge in [0.05, 0.1) is 24.6 Å². The summed E-state index contributed by atoms with van der Waals surface area (Å²) in [5.74, 6) is -1.94. The number of nitrogens with zero attached hydrogens (tertiary/aromatic N) is 2. The van der Waals surface area contributed by atoms with Gasteiger partial charge in [0.15, 0.2) is 0 Å². The van der Waals surface area contributed by atoms with Gasteiger partial charge in [-0.3, -0.25) is 9.36 Å². The van der Waals surface area contributed by atoms with Crippen LogP contribution in [0.1, 0.15) is 80.9 Å². The normalized spacial score (nSPS) is 12.3. The van der Waals surface area contributed by atoms with Gasteiger partial charge in [-0.05, 0) is 59.6 Å². The maximum Gasteiger partial charge on any atom is 0.348 e. The van der Waals surface area contributed by atoms with Crippen molar-refractivity contribution in [3.05, 3.63) is 66.7 Å². The molecule has 0 fully saturated rings. The van der Waals surface area contributed by atoms with Crippen LogP contribution in [0.4, 0.5) is 0 Å². The number of carboxylic acids is 1. The minimum atomic E-state index is -1.83. The Morgan fingerprint density at radius 1 is 1.08 bits per heavy atom. The Morgan fingerprint density at radius 2 is 1.66 bits per heavy atom. The first kappa shape index (κ1) is 31.0. The number of aryl methyl sites for hydroxylation is 2. The summed E-state index contributed by atoms with van der Waals surface area (Å²) in [6.07, 6.45) is -0.747. The van der Waals surface area contributed by atoms with Crippen molar-refractivity contribution in [1.82, 2.24) is 9.13 Å². The molecule has 2 heterocycles. The Hall–Kier alpha value is -3.24. The Bertz CT molecular complexity index is 1410. The van der Waals surface area contributed by atoms with E-state index in [1.165, 1.54) is 18.4 Å². The van der Waals surface area contributed by atoms with E-state index < -0.39 is 34.8 Å². The van der Waals surface area contributed by atoms with Crippen molar-refractivity contribution in [3.63, 3.8) is 0 Å². The van der Waals surface area contributed by atoms with Gasteiger partial charge < -0.3 is 14.6 Å². The van der Waals surface area contributed by atoms with Crippen LogP contribution < -0.4 is 11.2 Å². The lowest BCUT2D eigenvalue weighted by atomic mass is 10.0. The smallest absolute Gasteiger partial charge is 0.348 e. The molecule has 0 radical (unpaired) electrons. The Kier molecular flexibility index (Phi) is 10.2. The average molecular weight is 547 g/mol. The van der Waals surface area contributed by atoms with Gasteiger partial charge in [0, 0.05) is 0 Å². The average Bonchev–Trinajstić information content (AvgIpc) is 3.20. The van der Waals surface area contributed by atoms with Crippen LogP contribution >= 0.6 is 11.3 Å². The van der Waals surface area contributed by atoms with Crippen LogP contribution in [0.2, 0.25) is 0 Å². The number of aliphatic carboxylic acids is 1. The fraction of sp³-hybridized carbons (Fsp3) is 0.500. The second-order valence-corrected chi connectivity index (χ2v) is 10.4. The van der Waals surface area contributed by atoms with Crippen molar-refractivity contribution in [2.45, 2.75) is 86.6 Å². The number of rotatable bonds is 9. The van der Waals surface area contributed by atoms with E-state index in [2.05, 4.69) is 0 Å². The highest BCUT2D eigenvalue weighted by Gasteiger charge is 2.36. The predicted molar refractivity (Wildman–Crippen MR) is 149 cm³/mol. The molecule has 0 aliphatic rings. The van der Waals surface area contributed by atoms with E-state index in [9.17, 15) is 24.3 Å². The summed E-state index contributed by atoms with van der Waals surface area (Å²) < 4.78 is 13.4. The number of carboxylic acid groups (broad SMARTS) is 1. The highest BCUT2D eigenvalue weighted by molar-refractivity contribution is 7.20. The number of hydrogen-bond acceptors (Lipinski definition) is 7. The quantitative estimate of drug-likeness (QED) is 0.374. The molecule has 0 bridgehead atoms. The maximum absolute atomic E-state index is 13.8. The summed E-state index contributed by atoms with van der Waals surface area (Å²) in [4.78, 5) is 52.5. The molecule has 0 saturated carbocycles. The number of thiophene rings is 1. The second kappa shape index (κ2) is 12.5. The van der Waals surface area contributed by atoms with Crippen molar-refractivity contribution in [3.8, 4) is 0 Å². The largest absolute Gasteiger partial charge is 0.480 e. The number of carbonyl (C=O) groups is 2. The summed E-state index contributed by atoms with van der Waals surface area (Å²) >= 11 is 0.985. The molecule has 10 heteroatoms. The van der Waals surface area contributed by atoms with E-state index in [0.29, 0.717) is 5.56 Å². The zero-order valence-electron chi connectivity index (χ0n) is 23.6. The van der Waals surface area contributed by atoms with Gasteiger partial charge in [-0.1, -0.05) is 43.7 Å². The monoisotopic (exact) mass is 546 g/mol. The molecule has 1 atom stereocenters. The third-order valence-corrected chi connectivity index (χ3v) is 7.28. The topological polar surface area (TPSA) is 117 Å². The van der Waals surface area contributed by atoms with E-state index in [-0.39, 0.29) is 34.3 Å². The number of fused-ring (bicyclic) bond motifs is 1. The van der Waals surface area contributed by atoms with E-state index in [1.54, 1.807) is 13.8 Å². The van der Waals surface area contributed by atoms with Gasteiger partial charge >= 0.3 is 17.6 Å². The summed E-state index contributed by atoms with van der Waals surface area (Å²) in [7, 11) is 0. The molecule has 0 saturated heterocycles. The van der Waals surface area contributed by atoms with Crippen molar-refractivity contribution >= 4 is 33.5 Å². The van der Waals surface area contributed by atoms with Gasteiger partial charge in [-0.15, -0.1) is 11.3 Å². The van der Waals surface area contributed by atoms with E-state index in [4.69, 9.17) is 9.47 Å². The van der Waals surface area contributed by atoms with Crippen molar-refractivity contribution < 1.29 is 24.2 Å². The fourth-order valence-corrected chi connectivity index (χ4v) is 5.19. The molecular weight excluding hydrogens is 508 g/mol. The van der Waals surface area contributed by atoms with Crippen molar-refractivity contribution in [2.75, 3.05) is 6.61 Å². The molecule has 1 N–H and O–H groups in total. The molecule has 0 amide bonds. The lowest BCUT2D eigenvalue weighted by Gasteiger charge is -2.26. The van der Waals surface area contributed by atoms with Crippen LogP contribution in [-0.4, -0.2) is 38.9 Å². The minimum Gasteiger partial charge on any atom is -0.480 e. The summed E-state index contributed by atoms with van der Waals surface area (Å²) in [6.45, 7) is 15.7. The molecule has 9 nitrogen and oxygen atoms in total. The zero-order chi connectivity index (χ0) is 28.9. The number of ether oxygens (including phenoxy) is 2. The Labute approximate surface area is 226 Å². The molecule has 208 valence electrons. The molecule has 1 aromatic carbocycles. The predicted octanol–water partition coefficient (Wildman–Crippen LogP) is 5.03. The maximum atomic E-state index is 13.8. The number of hydrogen-bond donors (Lipinski definition) is 1. The molecular formula is C28H38N2O7S. The van der Waals surface area contributed by atoms with Crippen molar-refractivity contribution in [2.24, 2.45) is 0 Å². The fourth-order valence-electron chi connectivity index (χ4n) is 3.99. The molecule has 2 aromatic heterocycles. The highest BCUT2D eigenvalue weighted by Crippen LogP contribution is 2.31. The van der Waals surface area contributed by atoms with E-state index in [1.807, 2.05) is 58.9 Å². The zero-order valence-corrected chi connectivity index (χ0v) is 24.4. The second-order valence-electron chi connectivity index (χ2n) is 9.44. The summed E-state index contributed by atoms with van der Waals surface area (Å²) in [5, 5.41) is 9.95. The first-order valence-electron chi connectivity index (χ1n) is 12.7. The van der Waals surface area contributed by atoms with Crippen LogP contribution in [0.3, 0.4) is 0 Å². The van der Waals surface area contributed by atoms with Gasteiger partial charge in [0.1, 0.15) is 21.4 Å². The molecule has 0 spiro atoms. The van der Waals surface area contributed by atoms with Crippen LogP contribution in [0.5, 0.6) is 0 Å². The van der Waals surface area contributed by atoms with E-state index in [0.717, 1.165) is 27.0 Å². The third-order valence-electron chi connectivity index (χ3n) is 5.99. The van der Waals surface area contributed by atoms with Crippen LogP contribution in [0, 0.1) is 13.8 Å². The first-order valence-corrected chi connectivity index (χ1v) is 13.5. The molecule has 3 rings (SSSR count). The SMILES string of the molecule is CC.CCOC(=O)c1sc2c(c1C)c(=O)n(C(C)(C)C(=O)O)c(=O)n2CC(OC(C)C)c1ccc(C)cc1. The van der Waals surface area contributed by atoms with Crippen LogP contribution in [0.25, 0.3) is 10.2 Å². The van der Waals surface area contributed by atoms with Gasteiger partial charge in [0.25, 0.3) is 5.56 Å². The summed E-state index contributed by atoms with van der Waals surface area (Å²) in [6, 6.07) is 7.69. The summed E-state index contributed by atoms with van der Waals surface area (Å²) in [5.41, 5.74) is -1.16. The molecule has 3 aromatic rings. The first-order chi connectivity index (χ1) is 17.8. The number of aromatic nitrogens is 2. The lowest BCUT2D eigenvalue weighted by molar-refractivity contribution is -0.146. The van der Waals surface area contributed by atoms with Gasteiger partial charge in [0.2, 0.25) is 0 Å². The minimum absolute atomic E-state index is 0.00870. The Balaban J connectivity index is 0.00000247. The van der Waals surface area contributed by atoms with Crippen LogP contribution in [0.15, 0.2) is 33.9 Å². The standard InChI is InChI=1S/C26H32N2O7S.C2H6/c1-8-34-23(30)20-16(5)19-21(29)28(26(6,7)24(31)32)25(33)27(22(19)36-20)13-18(35-14(2)3)17-11-9-15(4)10-12-17;1-2/h9-12,14,18H,8,13H2,1-7H3,(H,31,32);1-2H3. The molecule has 1 unspecified atom stereocenters. The molecule has 38 heavy (non-hydrogen) atoms. The van der Waals surface area contributed by atoms with Crippen LogP contribution in [-0.2, 0) is 26.4 Å². The van der Waals surface area contributed by atoms with E-state index >= 15 is 0 Å².